The molecule has 3 aromatic rings. The minimum Gasteiger partial charge on any atom is -0.356 e. The molecule has 3 rings (SSSR count). The van der Waals surface area contributed by atoms with Gasteiger partial charge in [-0.25, -0.2) is 9.37 Å². The first-order valence-corrected chi connectivity index (χ1v) is 4.82. The highest BCUT2D eigenvalue weighted by Crippen LogP contribution is 2.20. The number of hydrogen-bond donors (Lipinski definition) is 0. The zero-order valence-corrected chi connectivity index (χ0v) is 8.30. The second-order valence-electron chi connectivity index (χ2n) is 3.50. The molecule has 0 aliphatic rings. The van der Waals surface area contributed by atoms with Crippen LogP contribution in [-0.4, -0.2) is 14.7 Å². The number of nitrogens with zero attached hydrogens (tertiary/aromatic N) is 3. The Kier molecular flexibility index (Phi) is 1.96. The van der Waals surface area contributed by atoms with E-state index in [4.69, 9.17) is 4.52 Å². The molecule has 0 atom stereocenters. The molecule has 0 aliphatic carbocycles. The lowest BCUT2D eigenvalue weighted by atomic mass is 10.2. The van der Waals surface area contributed by atoms with Gasteiger partial charge in [0.2, 0.25) is 0 Å². The van der Waals surface area contributed by atoms with E-state index in [-0.39, 0.29) is 5.82 Å². The van der Waals surface area contributed by atoms with Crippen molar-refractivity contribution >= 4 is 11.0 Å². The summed E-state index contributed by atoms with van der Waals surface area (Å²) >= 11 is 0. The fraction of sp³-hybridized carbons (Fsp3) is 0.0909. The van der Waals surface area contributed by atoms with Gasteiger partial charge in [0, 0.05) is 17.8 Å². The van der Waals surface area contributed by atoms with Crippen LogP contribution in [0.25, 0.3) is 11.0 Å². The molecule has 0 saturated carbocycles. The van der Waals surface area contributed by atoms with Gasteiger partial charge in [-0.15, -0.1) is 0 Å². The summed E-state index contributed by atoms with van der Waals surface area (Å²) in [6, 6.07) is 4.36. The number of rotatable bonds is 2. The van der Waals surface area contributed by atoms with E-state index < -0.39 is 0 Å². The standard InChI is InChI=1S/C11H8FN3O/c12-8-1-2-11-9(5-8)10(14-16-11)6-15-4-3-13-7-15/h1-5,7H,6H2. The normalized spacial score (nSPS) is 11.1. The summed E-state index contributed by atoms with van der Waals surface area (Å²) in [5.41, 5.74) is 1.30. The van der Waals surface area contributed by atoms with E-state index in [2.05, 4.69) is 10.1 Å². The zero-order valence-electron chi connectivity index (χ0n) is 8.30. The third kappa shape index (κ3) is 1.46. The van der Waals surface area contributed by atoms with Gasteiger partial charge in [-0.2, -0.15) is 0 Å². The highest BCUT2D eigenvalue weighted by atomic mass is 19.1. The molecule has 2 aromatic heterocycles. The molecule has 0 aliphatic heterocycles. The summed E-state index contributed by atoms with van der Waals surface area (Å²) in [7, 11) is 0. The number of halogens is 1. The zero-order chi connectivity index (χ0) is 11.0. The number of benzene rings is 1. The van der Waals surface area contributed by atoms with E-state index in [9.17, 15) is 4.39 Å². The van der Waals surface area contributed by atoms with Crippen molar-refractivity contribution in [1.82, 2.24) is 14.7 Å². The second-order valence-corrected chi connectivity index (χ2v) is 3.50. The number of imidazole rings is 1. The van der Waals surface area contributed by atoms with Gasteiger partial charge in [0.05, 0.1) is 12.9 Å². The van der Waals surface area contributed by atoms with Crippen molar-refractivity contribution < 1.29 is 8.91 Å². The summed E-state index contributed by atoms with van der Waals surface area (Å²) in [5.74, 6) is -0.289. The molecular formula is C11H8FN3O. The summed E-state index contributed by atoms with van der Waals surface area (Å²) in [5, 5.41) is 4.62. The molecule has 0 N–H and O–H groups in total. The van der Waals surface area contributed by atoms with Crippen LogP contribution in [0, 0.1) is 5.82 Å². The van der Waals surface area contributed by atoms with Crippen LogP contribution in [0.15, 0.2) is 41.4 Å². The van der Waals surface area contributed by atoms with Crippen molar-refractivity contribution in [2.24, 2.45) is 0 Å². The lowest BCUT2D eigenvalue weighted by Gasteiger charge is -1.97. The molecule has 0 amide bonds. The highest BCUT2D eigenvalue weighted by molar-refractivity contribution is 5.79. The summed E-state index contributed by atoms with van der Waals surface area (Å²) in [4.78, 5) is 3.93. The van der Waals surface area contributed by atoms with Gasteiger partial charge in [0.15, 0.2) is 5.58 Å². The third-order valence-electron chi connectivity index (χ3n) is 2.40. The summed E-state index contributed by atoms with van der Waals surface area (Å²) < 4.78 is 20.0. The van der Waals surface area contributed by atoms with Crippen LogP contribution in [0.3, 0.4) is 0 Å². The van der Waals surface area contributed by atoms with Crippen LogP contribution in [-0.2, 0) is 6.54 Å². The van der Waals surface area contributed by atoms with E-state index in [0.29, 0.717) is 23.2 Å². The molecule has 0 radical (unpaired) electrons. The van der Waals surface area contributed by atoms with Crippen molar-refractivity contribution in [3.63, 3.8) is 0 Å². The van der Waals surface area contributed by atoms with Crippen LogP contribution in [0.5, 0.6) is 0 Å². The van der Waals surface area contributed by atoms with E-state index >= 15 is 0 Å². The Hall–Kier alpha value is -2.17. The maximum atomic E-state index is 13.1. The van der Waals surface area contributed by atoms with Crippen LogP contribution < -0.4 is 0 Å². The molecule has 5 heteroatoms. The van der Waals surface area contributed by atoms with Crippen LogP contribution >= 0.6 is 0 Å². The third-order valence-corrected chi connectivity index (χ3v) is 2.40. The molecule has 0 unspecified atom stereocenters. The molecule has 80 valence electrons. The van der Waals surface area contributed by atoms with Crippen LogP contribution in [0.2, 0.25) is 0 Å². The average molecular weight is 217 g/mol. The minimum absolute atomic E-state index is 0.289. The highest BCUT2D eigenvalue weighted by Gasteiger charge is 2.09. The van der Waals surface area contributed by atoms with E-state index in [1.807, 2.05) is 10.8 Å². The second kappa shape index (κ2) is 3.44. The van der Waals surface area contributed by atoms with Gasteiger partial charge in [-0.1, -0.05) is 5.16 Å². The van der Waals surface area contributed by atoms with E-state index in [1.165, 1.54) is 12.1 Å². The lowest BCUT2D eigenvalue weighted by Crippen LogP contribution is -1.96. The molecule has 0 bridgehead atoms. The quantitative estimate of drug-likeness (QED) is 0.661. The summed E-state index contributed by atoms with van der Waals surface area (Å²) in [6.07, 6.45) is 5.18. The minimum atomic E-state index is -0.289. The SMILES string of the molecule is Fc1ccc2onc(Cn3ccnc3)c2c1. The molecule has 1 aromatic carbocycles. The van der Waals surface area contributed by atoms with Gasteiger partial charge in [0.25, 0.3) is 0 Å². The van der Waals surface area contributed by atoms with Gasteiger partial charge < -0.3 is 9.09 Å². The Morgan fingerprint density at radius 2 is 2.31 bits per heavy atom. The fourth-order valence-electron chi connectivity index (χ4n) is 1.63. The Morgan fingerprint density at radius 1 is 1.38 bits per heavy atom. The monoisotopic (exact) mass is 217 g/mol. The molecule has 0 saturated heterocycles. The first-order valence-electron chi connectivity index (χ1n) is 4.82. The average Bonchev–Trinajstić information content (AvgIpc) is 2.90. The first kappa shape index (κ1) is 9.08. The molecule has 0 spiro atoms. The maximum absolute atomic E-state index is 13.1. The molecule has 4 nitrogen and oxygen atoms in total. The van der Waals surface area contributed by atoms with E-state index in [0.717, 1.165) is 0 Å². The van der Waals surface area contributed by atoms with Crippen LogP contribution in [0.4, 0.5) is 4.39 Å². The van der Waals surface area contributed by atoms with Crippen LogP contribution in [0.1, 0.15) is 5.69 Å². The number of fused-ring (bicyclic) bond motifs is 1. The Labute approximate surface area is 90.3 Å². The van der Waals surface area contributed by atoms with E-state index in [1.54, 1.807) is 18.6 Å². The number of hydrogen-bond acceptors (Lipinski definition) is 3. The Balaban J connectivity index is 2.07. The molecule has 16 heavy (non-hydrogen) atoms. The maximum Gasteiger partial charge on any atom is 0.167 e. The topological polar surface area (TPSA) is 43.9 Å². The smallest absolute Gasteiger partial charge is 0.167 e. The predicted molar refractivity (Wildman–Crippen MR) is 55.3 cm³/mol. The molecule has 2 heterocycles. The van der Waals surface area contributed by atoms with Gasteiger partial charge in [-0.05, 0) is 18.2 Å². The van der Waals surface area contributed by atoms with Crippen molar-refractivity contribution in [2.75, 3.05) is 0 Å². The first-order chi connectivity index (χ1) is 7.83. The van der Waals surface area contributed by atoms with Crippen molar-refractivity contribution in [1.29, 1.82) is 0 Å². The fourth-order valence-corrected chi connectivity index (χ4v) is 1.63. The van der Waals surface area contributed by atoms with Crippen molar-refractivity contribution in [3.05, 3.63) is 48.4 Å². The number of aromatic nitrogens is 3. The largest absolute Gasteiger partial charge is 0.356 e. The Morgan fingerprint density at radius 3 is 3.12 bits per heavy atom. The Bertz CT molecular complexity index is 615. The summed E-state index contributed by atoms with van der Waals surface area (Å²) in [6.45, 7) is 0.524. The predicted octanol–water partition coefficient (Wildman–Crippen LogP) is 2.21. The van der Waals surface area contributed by atoms with Crippen molar-refractivity contribution in [2.45, 2.75) is 6.54 Å². The van der Waals surface area contributed by atoms with Gasteiger partial charge >= 0.3 is 0 Å². The van der Waals surface area contributed by atoms with Gasteiger partial charge in [-0.3, -0.25) is 0 Å². The van der Waals surface area contributed by atoms with Crippen molar-refractivity contribution in [3.8, 4) is 0 Å². The molecule has 0 fully saturated rings. The molecular weight excluding hydrogens is 209 g/mol. The lowest BCUT2D eigenvalue weighted by molar-refractivity contribution is 0.443. The van der Waals surface area contributed by atoms with Gasteiger partial charge in [0.1, 0.15) is 11.5 Å².